The number of halogens is 1. The van der Waals surface area contributed by atoms with Crippen LogP contribution in [0, 0.1) is 0 Å². The number of anilines is 1. The van der Waals surface area contributed by atoms with Gasteiger partial charge in [0, 0.05) is 6.20 Å². The van der Waals surface area contributed by atoms with E-state index in [2.05, 4.69) is 30.2 Å². The second-order valence-electron chi connectivity index (χ2n) is 4.93. The second kappa shape index (κ2) is 6.74. The number of rotatable bonds is 6. The summed E-state index contributed by atoms with van der Waals surface area (Å²) in [5.41, 5.74) is 2.25. The first kappa shape index (κ1) is 15.4. The van der Waals surface area contributed by atoms with Gasteiger partial charge in [-0.25, -0.2) is 9.97 Å². The number of H-pyrrole nitrogens is 1. The van der Waals surface area contributed by atoms with E-state index < -0.39 is 0 Å². The lowest BCUT2D eigenvalue weighted by Gasteiger charge is -2.05. The molecule has 0 saturated carbocycles. The Labute approximate surface area is 137 Å². The standard InChI is InChI=1S/C14H16ClN7O/c1-3-6-23-14-21-12-10(22(14)2)11(19-13(15)20-12)17-7-9-4-5-16-8-18-9/h4-5,8H,3,6-7H2,1-2H3,(H,17,19,20)/p+1. The third-order valence-electron chi connectivity index (χ3n) is 3.25. The Morgan fingerprint density at radius 3 is 3.00 bits per heavy atom. The molecule has 0 atom stereocenters. The maximum atomic E-state index is 6.01. The van der Waals surface area contributed by atoms with Crippen LogP contribution in [-0.2, 0) is 13.6 Å². The van der Waals surface area contributed by atoms with E-state index in [0.29, 0.717) is 30.6 Å². The molecule has 0 aliphatic rings. The highest BCUT2D eigenvalue weighted by Crippen LogP contribution is 2.21. The van der Waals surface area contributed by atoms with Gasteiger partial charge in [0.1, 0.15) is 6.33 Å². The number of aryl methyl sites for hydroxylation is 1. The molecule has 9 heteroatoms. The molecule has 0 saturated heterocycles. The quantitative estimate of drug-likeness (QED) is 0.526. The largest absolute Gasteiger partial charge is 0.456 e. The summed E-state index contributed by atoms with van der Waals surface area (Å²) in [6.45, 7) is 3.17. The van der Waals surface area contributed by atoms with Crippen LogP contribution in [0.25, 0.3) is 11.2 Å². The summed E-state index contributed by atoms with van der Waals surface area (Å²) in [7, 11) is 1.89. The number of aromatic amines is 1. The Morgan fingerprint density at radius 2 is 2.26 bits per heavy atom. The second-order valence-corrected chi connectivity index (χ2v) is 5.27. The molecule has 0 aliphatic carbocycles. The van der Waals surface area contributed by atoms with E-state index >= 15 is 0 Å². The zero-order valence-corrected chi connectivity index (χ0v) is 13.6. The van der Waals surface area contributed by atoms with Gasteiger partial charge in [-0.15, -0.1) is 0 Å². The van der Waals surface area contributed by atoms with Crippen molar-refractivity contribution in [3.8, 4) is 6.01 Å². The van der Waals surface area contributed by atoms with Gasteiger partial charge in [0.2, 0.25) is 10.8 Å². The lowest BCUT2D eigenvalue weighted by Crippen LogP contribution is -2.30. The first-order chi connectivity index (χ1) is 11.2. The summed E-state index contributed by atoms with van der Waals surface area (Å²) in [5, 5.41) is 3.39. The lowest BCUT2D eigenvalue weighted by molar-refractivity contribution is -0.650. The monoisotopic (exact) mass is 334 g/mol. The molecule has 0 bridgehead atoms. The number of ether oxygens (including phenoxy) is 1. The summed E-state index contributed by atoms with van der Waals surface area (Å²) in [4.78, 5) is 19.7. The molecule has 2 N–H and O–H groups in total. The van der Waals surface area contributed by atoms with Crippen LogP contribution in [0.1, 0.15) is 19.0 Å². The van der Waals surface area contributed by atoms with Crippen LogP contribution in [0.3, 0.4) is 0 Å². The maximum absolute atomic E-state index is 6.01. The van der Waals surface area contributed by atoms with Crippen LogP contribution in [-0.4, -0.2) is 31.5 Å². The van der Waals surface area contributed by atoms with Crippen molar-refractivity contribution in [3.05, 3.63) is 29.6 Å². The van der Waals surface area contributed by atoms with Gasteiger partial charge in [-0.05, 0) is 24.1 Å². The van der Waals surface area contributed by atoms with Crippen LogP contribution in [0.5, 0.6) is 6.01 Å². The minimum absolute atomic E-state index is 0.159. The highest BCUT2D eigenvalue weighted by molar-refractivity contribution is 6.28. The zero-order valence-electron chi connectivity index (χ0n) is 12.9. The van der Waals surface area contributed by atoms with Gasteiger partial charge in [-0.3, -0.25) is 0 Å². The van der Waals surface area contributed by atoms with Crippen molar-refractivity contribution in [3.63, 3.8) is 0 Å². The van der Waals surface area contributed by atoms with E-state index in [1.165, 1.54) is 6.33 Å². The highest BCUT2D eigenvalue weighted by Gasteiger charge is 2.23. The number of aromatic nitrogens is 6. The fraction of sp³-hybridized carbons (Fsp3) is 0.357. The van der Waals surface area contributed by atoms with Crippen LogP contribution in [0.15, 0.2) is 18.6 Å². The Hall–Kier alpha value is -2.48. The topological polar surface area (TPSA) is 92.5 Å². The average Bonchev–Trinajstić information content (AvgIpc) is 2.87. The summed E-state index contributed by atoms with van der Waals surface area (Å²) < 4.78 is 7.54. The van der Waals surface area contributed by atoms with Crippen molar-refractivity contribution in [2.24, 2.45) is 7.05 Å². The average molecular weight is 335 g/mol. The van der Waals surface area contributed by atoms with Crippen molar-refractivity contribution in [1.29, 1.82) is 0 Å². The van der Waals surface area contributed by atoms with Crippen molar-refractivity contribution in [2.75, 3.05) is 11.9 Å². The predicted molar refractivity (Wildman–Crippen MR) is 85.2 cm³/mol. The lowest BCUT2D eigenvalue weighted by atomic mass is 10.4. The number of hydrogen-bond acceptors (Lipinski definition) is 6. The van der Waals surface area contributed by atoms with Crippen LogP contribution < -0.4 is 14.6 Å². The molecule has 0 aliphatic heterocycles. The number of imidazole rings is 1. The molecule has 3 heterocycles. The summed E-state index contributed by atoms with van der Waals surface area (Å²) in [6.07, 6.45) is 4.12. The minimum atomic E-state index is 0.159. The SMILES string of the molecule is CCCOc1[nH]c2nc(Cl)nc(NCc3ccncn3)c2[n+]1C. The Bertz CT molecular complexity index is 806. The third-order valence-corrected chi connectivity index (χ3v) is 3.41. The molecule has 8 nitrogen and oxygen atoms in total. The molecule has 3 aromatic rings. The highest BCUT2D eigenvalue weighted by atomic mass is 35.5. The van der Waals surface area contributed by atoms with E-state index in [0.717, 1.165) is 17.6 Å². The number of fused-ring (bicyclic) bond motifs is 1. The molecule has 3 aromatic heterocycles. The normalized spacial score (nSPS) is 10.9. The van der Waals surface area contributed by atoms with Gasteiger partial charge >= 0.3 is 6.01 Å². The van der Waals surface area contributed by atoms with Gasteiger partial charge in [0.05, 0.1) is 25.9 Å². The minimum Gasteiger partial charge on any atom is -0.431 e. The van der Waals surface area contributed by atoms with Crippen molar-refractivity contribution < 1.29 is 9.30 Å². The van der Waals surface area contributed by atoms with Gasteiger partial charge in [-0.2, -0.15) is 19.5 Å². The first-order valence-electron chi connectivity index (χ1n) is 7.26. The Balaban J connectivity index is 1.93. The number of hydrogen-bond donors (Lipinski definition) is 2. The van der Waals surface area contributed by atoms with Crippen molar-refractivity contribution >= 4 is 28.6 Å². The molecular formula is C14H17ClN7O+. The third kappa shape index (κ3) is 3.31. The summed E-state index contributed by atoms with van der Waals surface area (Å²) in [5.74, 6) is 0.615. The molecule has 120 valence electrons. The molecule has 23 heavy (non-hydrogen) atoms. The molecule has 0 radical (unpaired) electrons. The zero-order chi connectivity index (χ0) is 16.2. The van der Waals surface area contributed by atoms with Gasteiger partial charge in [0.15, 0.2) is 5.82 Å². The summed E-state index contributed by atoms with van der Waals surface area (Å²) >= 11 is 6.01. The molecular weight excluding hydrogens is 318 g/mol. The van der Waals surface area contributed by atoms with E-state index in [-0.39, 0.29) is 5.28 Å². The van der Waals surface area contributed by atoms with Crippen LogP contribution in [0.4, 0.5) is 5.82 Å². The smallest absolute Gasteiger partial charge is 0.431 e. The van der Waals surface area contributed by atoms with E-state index in [1.807, 2.05) is 24.6 Å². The molecule has 0 unspecified atom stereocenters. The van der Waals surface area contributed by atoms with Crippen molar-refractivity contribution in [1.82, 2.24) is 24.9 Å². The molecule has 3 rings (SSSR count). The van der Waals surface area contributed by atoms with Gasteiger partial charge < -0.3 is 10.1 Å². The summed E-state index contributed by atoms with van der Waals surface area (Å²) in [6, 6.07) is 2.45. The molecule has 0 amide bonds. The van der Waals surface area contributed by atoms with Gasteiger partial charge in [0.25, 0.3) is 5.65 Å². The first-order valence-corrected chi connectivity index (χ1v) is 7.63. The maximum Gasteiger partial charge on any atom is 0.456 e. The fourth-order valence-corrected chi connectivity index (χ4v) is 2.34. The molecule has 0 aromatic carbocycles. The number of nitrogens with one attached hydrogen (secondary N) is 2. The van der Waals surface area contributed by atoms with Crippen LogP contribution >= 0.6 is 11.6 Å². The fourth-order valence-electron chi connectivity index (χ4n) is 2.17. The Morgan fingerprint density at radius 1 is 1.39 bits per heavy atom. The molecule has 0 fully saturated rings. The predicted octanol–water partition coefficient (Wildman–Crippen LogP) is 1.63. The van der Waals surface area contributed by atoms with Crippen molar-refractivity contribution in [2.45, 2.75) is 19.9 Å². The van der Waals surface area contributed by atoms with E-state index in [4.69, 9.17) is 16.3 Å². The number of nitrogens with zero attached hydrogens (tertiary/aromatic N) is 5. The Kier molecular flexibility index (Phi) is 4.52. The van der Waals surface area contributed by atoms with Gasteiger partial charge in [-0.1, -0.05) is 6.92 Å². The van der Waals surface area contributed by atoms with E-state index in [1.54, 1.807) is 6.20 Å². The van der Waals surface area contributed by atoms with E-state index in [9.17, 15) is 0 Å². The van der Waals surface area contributed by atoms with Crippen LogP contribution in [0.2, 0.25) is 5.28 Å². The molecule has 0 spiro atoms.